The van der Waals surface area contributed by atoms with Gasteiger partial charge in [0.1, 0.15) is 5.54 Å². The van der Waals surface area contributed by atoms with Crippen LogP contribution in [-0.2, 0) is 9.59 Å². The number of amides is 1. The highest BCUT2D eigenvalue weighted by molar-refractivity contribution is 5.90. The molecule has 1 amide bonds. The summed E-state index contributed by atoms with van der Waals surface area (Å²) in [6.07, 6.45) is 0.120. The van der Waals surface area contributed by atoms with Gasteiger partial charge >= 0.3 is 5.97 Å². The third-order valence-corrected chi connectivity index (χ3v) is 4.09. The summed E-state index contributed by atoms with van der Waals surface area (Å²) in [5, 5.41) is 19.6. The van der Waals surface area contributed by atoms with Crippen molar-refractivity contribution < 1.29 is 19.8 Å². The van der Waals surface area contributed by atoms with Crippen molar-refractivity contribution in [3.05, 3.63) is 35.9 Å². The second kappa shape index (κ2) is 5.63. The lowest BCUT2D eigenvalue weighted by Crippen LogP contribution is -2.53. The number of carbonyl (C=O) groups is 2. The Kier molecular flexibility index (Phi) is 4.09. The van der Waals surface area contributed by atoms with Crippen LogP contribution >= 0.6 is 0 Å². The number of hydrogen-bond donors (Lipinski definition) is 2. The molecule has 1 aliphatic heterocycles. The second-order valence-corrected chi connectivity index (χ2v) is 5.10. The Balaban J connectivity index is 2.26. The van der Waals surface area contributed by atoms with Crippen molar-refractivity contribution in [3.8, 4) is 0 Å². The van der Waals surface area contributed by atoms with Gasteiger partial charge in [0.2, 0.25) is 0 Å². The molecule has 0 aromatic heterocycles. The minimum absolute atomic E-state index is 0.343. The summed E-state index contributed by atoms with van der Waals surface area (Å²) < 4.78 is 0. The molecule has 0 bridgehead atoms. The third-order valence-electron chi connectivity index (χ3n) is 4.09. The van der Waals surface area contributed by atoms with Gasteiger partial charge in [0, 0.05) is 6.54 Å². The predicted octanol–water partition coefficient (Wildman–Crippen LogP) is 1.58. The largest absolute Gasteiger partial charge is 0.479 e. The van der Waals surface area contributed by atoms with Crippen LogP contribution < -0.4 is 0 Å². The van der Waals surface area contributed by atoms with E-state index in [-0.39, 0.29) is 0 Å². The molecular weight excluding hydrogens is 258 g/mol. The molecule has 1 saturated heterocycles. The van der Waals surface area contributed by atoms with Crippen molar-refractivity contribution >= 4 is 11.9 Å². The monoisotopic (exact) mass is 277 g/mol. The highest BCUT2D eigenvalue weighted by atomic mass is 16.4. The van der Waals surface area contributed by atoms with Gasteiger partial charge in [-0.15, -0.1) is 0 Å². The van der Waals surface area contributed by atoms with Gasteiger partial charge < -0.3 is 15.1 Å². The summed E-state index contributed by atoms with van der Waals surface area (Å²) in [5.74, 6) is -1.52. The molecule has 5 nitrogen and oxygen atoms in total. The summed E-state index contributed by atoms with van der Waals surface area (Å²) in [5.41, 5.74) is -0.688. The molecule has 0 spiro atoms. The topological polar surface area (TPSA) is 77.8 Å². The van der Waals surface area contributed by atoms with Gasteiger partial charge in [-0.3, -0.25) is 4.79 Å². The van der Waals surface area contributed by atoms with Gasteiger partial charge in [0.15, 0.2) is 6.10 Å². The lowest BCUT2D eigenvalue weighted by molar-refractivity contribution is -0.160. The quantitative estimate of drug-likeness (QED) is 0.875. The van der Waals surface area contributed by atoms with Crippen LogP contribution in [0, 0.1) is 0 Å². The van der Waals surface area contributed by atoms with E-state index in [9.17, 15) is 19.8 Å². The molecular formula is C15H19NO4. The number of likely N-dealkylation sites (tertiary alicyclic amines) is 1. The first-order chi connectivity index (χ1) is 9.53. The summed E-state index contributed by atoms with van der Waals surface area (Å²) in [4.78, 5) is 25.3. The molecule has 1 aromatic carbocycles. The van der Waals surface area contributed by atoms with Crippen LogP contribution in [0.4, 0.5) is 0 Å². The molecule has 0 radical (unpaired) electrons. The molecule has 20 heavy (non-hydrogen) atoms. The van der Waals surface area contributed by atoms with Gasteiger partial charge in [-0.1, -0.05) is 37.3 Å². The number of benzene rings is 1. The number of aliphatic hydroxyl groups is 1. The van der Waals surface area contributed by atoms with E-state index in [1.165, 1.54) is 4.90 Å². The molecule has 0 saturated carbocycles. The van der Waals surface area contributed by atoms with Crippen molar-refractivity contribution in [2.45, 2.75) is 37.8 Å². The zero-order valence-electron chi connectivity index (χ0n) is 11.5. The number of nitrogens with zero attached hydrogens (tertiary/aromatic N) is 1. The van der Waals surface area contributed by atoms with Crippen LogP contribution in [0.1, 0.15) is 37.9 Å². The maximum absolute atomic E-state index is 12.4. The second-order valence-electron chi connectivity index (χ2n) is 5.10. The summed E-state index contributed by atoms with van der Waals surface area (Å²) in [7, 11) is 0. The Morgan fingerprint density at radius 3 is 2.55 bits per heavy atom. The van der Waals surface area contributed by atoms with Crippen molar-refractivity contribution in [3.63, 3.8) is 0 Å². The fraction of sp³-hybridized carbons (Fsp3) is 0.467. The van der Waals surface area contributed by atoms with Crippen molar-refractivity contribution in [1.29, 1.82) is 0 Å². The van der Waals surface area contributed by atoms with Crippen molar-refractivity contribution in [2.24, 2.45) is 0 Å². The predicted molar refractivity (Wildman–Crippen MR) is 73.0 cm³/mol. The number of carbonyl (C=O) groups excluding carboxylic acids is 1. The van der Waals surface area contributed by atoms with E-state index in [2.05, 4.69) is 0 Å². The van der Waals surface area contributed by atoms with E-state index in [1.807, 2.05) is 0 Å². The van der Waals surface area contributed by atoms with Gasteiger partial charge in [-0.2, -0.15) is 0 Å². The molecule has 2 N–H and O–H groups in total. The molecule has 2 atom stereocenters. The third kappa shape index (κ3) is 2.29. The van der Waals surface area contributed by atoms with E-state index >= 15 is 0 Å². The molecule has 1 aromatic rings. The van der Waals surface area contributed by atoms with Crippen LogP contribution in [0.2, 0.25) is 0 Å². The summed E-state index contributed by atoms with van der Waals surface area (Å²) >= 11 is 0. The number of rotatable bonds is 4. The van der Waals surface area contributed by atoms with Crippen LogP contribution in [0.25, 0.3) is 0 Å². The number of hydrogen-bond acceptors (Lipinski definition) is 3. The van der Waals surface area contributed by atoms with E-state index in [0.29, 0.717) is 31.4 Å². The van der Waals surface area contributed by atoms with Crippen molar-refractivity contribution in [2.75, 3.05) is 6.54 Å². The fourth-order valence-electron chi connectivity index (χ4n) is 2.87. The van der Waals surface area contributed by atoms with Gasteiger partial charge in [0.25, 0.3) is 5.91 Å². The SMILES string of the molecule is CCC1(C(=O)O)CCCN1C(=O)C(O)c1ccccc1. The lowest BCUT2D eigenvalue weighted by atomic mass is 9.92. The van der Waals surface area contributed by atoms with E-state index < -0.39 is 23.5 Å². The first-order valence-electron chi connectivity index (χ1n) is 6.81. The van der Waals surface area contributed by atoms with Crippen molar-refractivity contribution in [1.82, 2.24) is 4.90 Å². The molecule has 1 heterocycles. The lowest BCUT2D eigenvalue weighted by Gasteiger charge is -2.35. The average molecular weight is 277 g/mol. The Bertz CT molecular complexity index is 502. The Morgan fingerprint density at radius 1 is 1.35 bits per heavy atom. The first-order valence-corrected chi connectivity index (χ1v) is 6.81. The summed E-state index contributed by atoms with van der Waals surface area (Å²) in [6.45, 7) is 2.14. The molecule has 2 rings (SSSR count). The van der Waals surface area contributed by atoms with E-state index in [0.717, 1.165) is 0 Å². The molecule has 1 aliphatic rings. The standard InChI is InChI=1S/C15H19NO4/c1-2-15(14(19)20)9-6-10-16(15)13(18)12(17)11-7-4-3-5-8-11/h3-5,7-8,12,17H,2,6,9-10H2,1H3,(H,19,20). The fourth-order valence-corrected chi connectivity index (χ4v) is 2.87. The number of aliphatic hydroxyl groups excluding tert-OH is 1. The smallest absolute Gasteiger partial charge is 0.329 e. The van der Waals surface area contributed by atoms with E-state index in [1.54, 1.807) is 37.3 Å². The molecule has 108 valence electrons. The molecule has 2 unspecified atom stereocenters. The normalized spacial score (nSPS) is 23.6. The zero-order chi connectivity index (χ0) is 14.8. The number of aliphatic carboxylic acids is 1. The molecule has 1 fully saturated rings. The Morgan fingerprint density at radius 2 is 2.00 bits per heavy atom. The minimum atomic E-state index is -1.31. The van der Waals surface area contributed by atoms with Gasteiger partial charge in [-0.05, 0) is 24.8 Å². The highest BCUT2D eigenvalue weighted by Crippen LogP contribution is 2.35. The maximum Gasteiger partial charge on any atom is 0.329 e. The van der Waals surface area contributed by atoms with Crippen LogP contribution in [0.15, 0.2) is 30.3 Å². The van der Waals surface area contributed by atoms with Crippen LogP contribution in [0.5, 0.6) is 0 Å². The molecule has 5 heteroatoms. The first kappa shape index (κ1) is 14.5. The maximum atomic E-state index is 12.4. The highest BCUT2D eigenvalue weighted by Gasteiger charge is 2.49. The zero-order valence-corrected chi connectivity index (χ0v) is 11.5. The van der Waals surface area contributed by atoms with E-state index in [4.69, 9.17) is 0 Å². The van der Waals surface area contributed by atoms with Crippen LogP contribution in [-0.4, -0.2) is 39.1 Å². The Labute approximate surface area is 117 Å². The Hall–Kier alpha value is -1.88. The van der Waals surface area contributed by atoms with Gasteiger partial charge in [-0.25, -0.2) is 4.79 Å². The minimum Gasteiger partial charge on any atom is -0.479 e. The number of carboxylic acid groups (broad SMARTS) is 1. The molecule has 0 aliphatic carbocycles. The van der Waals surface area contributed by atoms with Gasteiger partial charge in [0.05, 0.1) is 0 Å². The summed E-state index contributed by atoms with van der Waals surface area (Å²) in [6, 6.07) is 8.59. The number of carboxylic acids is 1. The van der Waals surface area contributed by atoms with Crippen LogP contribution in [0.3, 0.4) is 0 Å². The average Bonchev–Trinajstić information content (AvgIpc) is 2.91.